The zero-order valence-electron chi connectivity index (χ0n) is 16.3. The number of allylic oxidation sites excluding steroid dienone is 1. The maximum Gasteiger partial charge on any atom is 0.333 e. The second kappa shape index (κ2) is 14.1. The predicted molar refractivity (Wildman–Crippen MR) is 105 cm³/mol. The van der Waals surface area contributed by atoms with Crippen LogP contribution in [-0.2, 0) is 9.53 Å². The number of hydrogen-bond acceptors (Lipinski definition) is 3. The monoisotopic (exact) mass is 351 g/mol. The highest BCUT2D eigenvalue weighted by atomic mass is 16.5. The van der Waals surface area contributed by atoms with Crippen LogP contribution in [-0.4, -0.2) is 36.5 Å². The minimum absolute atomic E-state index is 0.353. The number of hydrogen-bond donors (Lipinski definition) is 1. The smallest absolute Gasteiger partial charge is 0.333 e. The van der Waals surface area contributed by atoms with Gasteiger partial charge in [-0.1, -0.05) is 58.3 Å². The van der Waals surface area contributed by atoms with Crippen LogP contribution in [0.3, 0.4) is 0 Å². The van der Waals surface area contributed by atoms with E-state index in [-0.39, 0.29) is 0 Å². The highest BCUT2D eigenvalue weighted by Crippen LogP contribution is 2.24. The van der Waals surface area contributed by atoms with E-state index in [9.17, 15) is 9.90 Å². The summed E-state index contributed by atoms with van der Waals surface area (Å²) in [7, 11) is 0. The molecule has 0 aromatic heterocycles. The van der Waals surface area contributed by atoms with Gasteiger partial charge in [0.2, 0.25) is 0 Å². The summed E-state index contributed by atoms with van der Waals surface area (Å²) in [4.78, 5) is 15.9. The van der Waals surface area contributed by atoms with Crippen molar-refractivity contribution in [1.82, 2.24) is 0 Å². The van der Waals surface area contributed by atoms with Crippen LogP contribution in [0.15, 0.2) is 16.1 Å². The van der Waals surface area contributed by atoms with Gasteiger partial charge in [-0.3, -0.25) is 4.99 Å². The lowest BCUT2D eigenvalue weighted by Gasteiger charge is -2.09. The minimum Gasteiger partial charge on any atom is -0.478 e. The largest absolute Gasteiger partial charge is 0.478 e. The van der Waals surface area contributed by atoms with E-state index in [1.165, 1.54) is 51.4 Å². The van der Waals surface area contributed by atoms with E-state index < -0.39 is 5.97 Å². The van der Waals surface area contributed by atoms with Gasteiger partial charge in [0.05, 0.1) is 12.1 Å². The normalized spacial score (nSPS) is 14.2. The first kappa shape index (κ1) is 21.9. The topological polar surface area (TPSA) is 58.9 Å². The molecule has 0 saturated heterocycles. The molecule has 0 bridgehead atoms. The van der Waals surface area contributed by atoms with Gasteiger partial charge in [-0.25, -0.2) is 4.79 Å². The number of ether oxygens (including phenoxy) is 1. The van der Waals surface area contributed by atoms with E-state index in [1.807, 2.05) is 6.92 Å². The van der Waals surface area contributed by atoms with E-state index in [2.05, 4.69) is 11.9 Å². The molecular weight excluding hydrogens is 314 g/mol. The summed E-state index contributed by atoms with van der Waals surface area (Å²) in [5, 5.41) is 9.37. The first-order valence-corrected chi connectivity index (χ1v) is 10.3. The quantitative estimate of drug-likeness (QED) is 0.370. The fourth-order valence-corrected chi connectivity index (χ4v) is 3.36. The van der Waals surface area contributed by atoms with Crippen LogP contribution in [0, 0.1) is 0 Å². The molecule has 1 aliphatic rings. The Hall–Kier alpha value is -1.16. The third-order valence-electron chi connectivity index (χ3n) is 4.84. The molecule has 144 valence electrons. The Kier molecular flexibility index (Phi) is 12.3. The van der Waals surface area contributed by atoms with Crippen LogP contribution in [0.5, 0.6) is 0 Å². The Morgan fingerprint density at radius 2 is 1.60 bits per heavy atom. The molecule has 1 aliphatic heterocycles. The number of nitrogens with zero attached hydrogens (tertiary/aromatic N) is 1. The van der Waals surface area contributed by atoms with Crippen LogP contribution in [0.25, 0.3) is 0 Å². The SMILES string of the molecule is CCCCCCCCCCCC1=NCC(C(=O)O)=C1CCCOCC. The Morgan fingerprint density at radius 3 is 2.20 bits per heavy atom. The van der Waals surface area contributed by atoms with Crippen molar-refractivity contribution in [1.29, 1.82) is 0 Å². The molecule has 4 nitrogen and oxygen atoms in total. The molecule has 1 rings (SSSR count). The summed E-state index contributed by atoms with van der Waals surface area (Å²) in [6.45, 7) is 5.99. The van der Waals surface area contributed by atoms with Gasteiger partial charge in [0, 0.05) is 18.9 Å². The Balaban J connectivity index is 2.25. The maximum absolute atomic E-state index is 11.4. The first-order chi connectivity index (χ1) is 12.2. The number of aliphatic imine (C=N–C) groups is 1. The zero-order valence-corrected chi connectivity index (χ0v) is 16.3. The summed E-state index contributed by atoms with van der Waals surface area (Å²) < 4.78 is 5.37. The number of unbranched alkanes of at least 4 members (excludes halogenated alkanes) is 8. The molecule has 0 amide bonds. The number of carboxylic acids is 1. The van der Waals surface area contributed by atoms with Crippen molar-refractivity contribution in [2.45, 2.75) is 90.9 Å². The zero-order chi connectivity index (χ0) is 18.3. The lowest BCUT2D eigenvalue weighted by atomic mass is 9.97. The third-order valence-corrected chi connectivity index (χ3v) is 4.84. The Bertz CT molecular complexity index is 440. The summed E-state index contributed by atoms with van der Waals surface area (Å²) >= 11 is 0. The average molecular weight is 352 g/mol. The van der Waals surface area contributed by atoms with Crippen LogP contribution in [0.1, 0.15) is 90.9 Å². The van der Waals surface area contributed by atoms with E-state index in [0.717, 1.165) is 37.0 Å². The van der Waals surface area contributed by atoms with E-state index in [4.69, 9.17) is 4.74 Å². The highest BCUT2D eigenvalue weighted by Gasteiger charge is 2.23. The standard InChI is InChI=1S/C21H37NO3/c1-3-5-6-7-8-9-10-11-12-15-20-18(14-13-16-25-4-2)19(17-22-20)21(23)24/h3-17H2,1-2H3,(H,23,24). The van der Waals surface area contributed by atoms with Crippen molar-refractivity contribution < 1.29 is 14.6 Å². The molecule has 1 heterocycles. The van der Waals surface area contributed by atoms with Crippen molar-refractivity contribution in [2.24, 2.45) is 4.99 Å². The molecule has 0 spiro atoms. The summed E-state index contributed by atoms with van der Waals surface area (Å²) in [6.07, 6.45) is 14.3. The van der Waals surface area contributed by atoms with Crippen LogP contribution >= 0.6 is 0 Å². The van der Waals surface area contributed by atoms with Crippen molar-refractivity contribution in [2.75, 3.05) is 19.8 Å². The number of carboxylic acid groups (broad SMARTS) is 1. The molecule has 0 atom stereocenters. The van der Waals surface area contributed by atoms with Gasteiger partial charge < -0.3 is 9.84 Å². The van der Waals surface area contributed by atoms with Gasteiger partial charge in [0.1, 0.15) is 0 Å². The summed E-state index contributed by atoms with van der Waals surface area (Å²) in [5.74, 6) is -0.808. The minimum atomic E-state index is -0.808. The molecule has 0 saturated carbocycles. The molecule has 0 radical (unpaired) electrons. The molecule has 25 heavy (non-hydrogen) atoms. The van der Waals surface area contributed by atoms with Gasteiger partial charge in [0.25, 0.3) is 0 Å². The van der Waals surface area contributed by atoms with Crippen molar-refractivity contribution in [3.8, 4) is 0 Å². The fourth-order valence-electron chi connectivity index (χ4n) is 3.36. The van der Waals surface area contributed by atoms with E-state index in [0.29, 0.717) is 25.3 Å². The number of carbonyl (C=O) groups is 1. The second-order valence-electron chi connectivity index (χ2n) is 6.90. The first-order valence-electron chi connectivity index (χ1n) is 10.3. The molecule has 0 aromatic carbocycles. The molecule has 4 heteroatoms. The summed E-state index contributed by atoms with van der Waals surface area (Å²) in [5.41, 5.74) is 2.52. The third kappa shape index (κ3) is 9.20. The molecule has 1 N–H and O–H groups in total. The molecule has 0 fully saturated rings. The van der Waals surface area contributed by atoms with Crippen LogP contribution in [0.2, 0.25) is 0 Å². The Morgan fingerprint density at radius 1 is 0.960 bits per heavy atom. The van der Waals surface area contributed by atoms with Gasteiger partial charge in [-0.05, 0) is 38.2 Å². The molecule has 0 unspecified atom stereocenters. The lowest BCUT2D eigenvalue weighted by molar-refractivity contribution is -0.132. The lowest BCUT2D eigenvalue weighted by Crippen LogP contribution is -2.08. The Labute approximate surface area is 153 Å². The molecule has 0 aliphatic carbocycles. The fraction of sp³-hybridized carbons (Fsp3) is 0.810. The average Bonchev–Trinajstić information content (AvgIpc) is 3.00. The van der Waals surface area contributed by atoms with Crippen molar-refractivity contribution in [3.63, 3.8) is 0 Å². The molecule has 0 aromatic rings. The van der Waals surface area contributed by atoms with Crippen LogP contribution in [0.4, 0.5) is 0 Å². The van der Waals surface area contributed by atoms with E-state index in [1.54, 1.807) is 0 Å². The van der Waals surface area contributed by atoms with Crippen molar-refractivity contribution in [3.05, 3.63) is 11.1 Å². The van der Waals surface area contributed by atoms with Gasteiger partial charge in [-0.15, -0.1) is 0 Å². The van der Waals surface area contributed by atoms with Gasteiger partial charge in [-0.2, -0.15) is 0 Å². The van der Waals surface area contributed by atoms with Crippen molar-refractivity contribution >= 4 is 11.7 Å². The van der Waals surface area contributed by atoms with Crippen LogP contribution < -0.4 is 0 Å². The molecular formula is C21H37NO3. The van der Waals surface area contributed by atoms with Gasteiger partial charge >= 0.3 is 5.97 Å². The number of aliphatic carboxylic acids is 1. The van der Waals surface area contributed by atoms with E-state index >= 15 is 0 Å². The predicted octanol–water partition coefficient (Wildman–Crippen LogP) is 5.56. The summed E-state index contributed by atoms with van der Waals surface area (Å²) in [6, 6.07) is 0. The maximum atomic E-state index is 11.4. The second-order valence-corrected chi connectivity index (χ2v) is 6.90. The van der Waals surface area contributed by atoms with Gasteiger partial charge in [0.15, 0.2) is 0 Å². The number of rotatable bonds is 16. The highest BCUT2D eigenvalue weighted by molar-refractivity contribution is 6.09.